The summed E-state index contributed by atoms with van der Waals surface area (Å²) in [5, 5.41) is 3.73. The van der Waals surface area contributed by atoms with Gasteiger partial charge in [-0.25, -0.2) is 0 Å². The highest BCUT2D eigenvalue weighted by Crippen LogP contribution is 2.27. The topological polar surface area (TPSA) is 12.0 Å². The van der Waals surface area contributed by atoms with Crippen LogP contribution < -0.4 is 5.32 Å². The Morgan fingerprint density at radius 2 is 2.12 bits per heavy atom. The van der Waals surface area contributed by atoms with Gasteiger partial charge in [0.05, 0.1) is 0 Å². The first-order chi connectivity index (χ1) is 8.01. The molecule has 0 aliphatic heterocycles. The zero-order valence-corrected chi connectivity index (χ0v) is 12.4. The van der Waals surface area contributed by atoms with Crippen LogP contribution in [0.1, 0.15) is 60.3 Å². The van der Waals surface area contributed by atoms with Crippen molar-refractivity contribution in [1.29, 1.82) is 0 Å². The molecule has 4 atom stereocenters. The zero-order chi connectivity index (χ0) is 12.8. The van der Waals surface area contributed by atoms with Crippen LogP contribution in [0.5, 0.6) is 0 Å². The molecule has 1 aliphatic rings. The molecule has 1 N–H and O–H groups in total. The first-order valence-electron chi connectivity index (χ1n) is 7.41. The largest absolute Gasteiger partial charge is 0.314 e. The second kappa shape index (κ2) is 7.20. The van der Waals surface area contributed by atoms with Crippen molar-refractivity contribution in [2.24, 2.45) is 17.8 Å². The first kappa shape index (κ1) is 14.8. The molecule has 0 aromatic heterocycles. The lowest BCUT2D eigenvalue weighted by Crippen LogP contribution is -2.33. The predicted molar refractivity (Wildman–Crippen MR) is 77.2 cm³/mol. The van der Waals surface area contributed by atoms with E-state index in [0.29, 0.717) is 6.04 Å². The van der Waals surface area contributed by atoms with Crippen LogP contribution >= 0.6 is 0 Å². The van der Waals surface area contributed by atoms with E-state index in [0.717, 1.165) is 17.8 Å². The number of nitrogens with one attached hydrogen (secondary N) is 1. The van der Waals surface area contributed by atoms with Gasteiger partial charge in [-0.15, -0.1) is 0 Å². The van der Waals surface area contributed by atoms with Crippen molar-refractivity contribution in [1.82, 2.24) is 5.32 Å². The Morgan fingerprint density at radius 1 is 1.41 bits per heavy atom. The Morgan fingerprint density at radius 3 is 2.71 bits per heavy atom. The van der Waals surface area contributed by atoms with Crippen molar-refractivity contribution < 1.29 is 0 Å². The minimum atomic E-state index is 0.673. The molecule has 100 valence electrons. The standard InChI is InChI=1S/C16H31N/c1-6-12(2)8-15(5)17-11-16-9-13(3)7-14(4)10-16/h7,12-13,15-17H,6,8-11H2,1-5H3. The van der Waals surface area contributed by atoms with E-state index in [-0.39, 0.29) is 0 Å². The summed E-state index contributed by atoms with van der Waals surface area (Å²) in [5.41, 5.74) is 1.59. The van der Waals surface area contributed by atoms with Gasteiger partial charge in [0.15, 0.2) is 0 Å². The number of allylic oxidation sites excluding steroid dienone is 2. The molecule has 0 heterocycles. The monoisotopic (exact) mass is 237 g/mol. The molecule has 0 amide bonds. The second-order valence-electron chi connectivity index (χ2n) is 6.35. The maximum atomic E-state index is 3.73. The summed E-state index contributed by atoms with van der Waals surface area (Å²) >= 11 is 0. The Balaban J connectivity index is 2.24. The average Bonchev–Trinajstić information content (AvgIpc) is 2.25. The van der Waals surface area contributed by atoms with Gasteiger partial charge in [0.25, 0.3) is 0 Å². The minimum Gasteiger partial charge on any atom is -0.314 e. The highest BCUT2D eigenvalue weighted by atomic mass is 14.9. The Kier molecular flexibility index (Phi) is 6.26. The number of hydrogen-bond acceptors (Lipinski definition) is 1. The molecule has 0 saturated carbocycles. The van der Waals surface area contributed by atoms with Crippen LogP contribution in [0.2, 0.25) is 0 Å². The second-order valence-corrected chi connectivity index (χ2v) is 6.35. The molecule has 0 spiro atoms. The molecule has 0 aromatic carbocycles. The molecule has 0 radical (unpaired) electrons. The summed E-state index contributed by atoms with van der Waals surface area (Å²) in [6.45, 7) is 12.8. The van der Waals surface area contributed by atoms with Crippen molar-refractivity contribution in [3.8, 4) is 0 Å². The van der Waals surface area contributed by atoms with Gasteiger partial charge in [-0.1, -0.05) is 38.8 Å². The van der Waals surface area contributed by atoms with Crippen LogP contribution in [0, 0.1) is 17.8 Å². The lowest BCUT2D eigenvalue weighted by molar-refractivity contribution is 0.341. The van der Waals surface area contributed by atoms with Gasteiger partial charge in [0.1, 0.15) is 0 Å². The molecule has 0 aromatic rings. The van der Waals surface area contributed by atoms with Crippen LogP contribution in [-0.2, 0) is 0 Å². The van der Waals surface area contributed by atoms with Crippen molar-refractivity contribution in [3.05, 3.63) is 11.6 Å². The van der Waals surface area contributed by atoms with Crippen molar-refractivity contribution in [2.45, 2.75) is 66.3 Å². The average molecular weight is 237 g/mol. The zero-order valence-electron chi connectivity index (χ0n) is 12.4. The third-order valence-corrected chi connectivity index (χ3v) is 4.09. The van der Waals surface area contributed by atoms with E-state index in [2.05, 4.69) is 46.0 Å². The molecule has 1 aliphatic carbocycles. The summed E-state index contributed by atoms with van der Waals surface area (Å²) in [4.78, 5) is 0. The molecule has 1 rings (SSSR count). The Bertz CT molecular complexity index is 244. The van der Waals surface area contributed by atoms with Crippen LogP contribution in [0.25, 0.3) is 0 Å². The SMILES string of the molecule is CCC(C)CC(C)NCC1CC(C)=CC(C)C1. The van der Waals surface area contributed by atoms with Crippen molar-refractivity contribution in [2.75, 3.05) is 6.54 Å². The van der Waals surface area contributed by atoms with E-state index >= 15 is 0 Å². The normalized spacial score (nSPS) is 28.6. The summed E-state index contributed by atoms with van der Waals surface area (Å²) < 4.78 is 0. The van der Waals surface area contributed by atoms with E-state index in [9.17, 15) is 0 Å². The number of rotatable bonds is 6. The number of hydrogen-bond donors (Lipinski definition) is 1. The summed E-state index contributed by atoms with van der Waals surface area (Å²) in [6, 6.07) is 0.673. The highest BCUT2D eigenvalue weighted by molar-refractivity contribution is 5.06. The molecular formula is C16H31N. The fourth-order valence-electron chi connectivity index (χ4n) is 3.06. The molecule has 4 unspecified atom stereocenters. The quantitative estimate of drug-likeness (QED) is 0.675. The van der Waals surface area contributed by atoms with Crippen LogP contribution in [0.4, 0.5) is 0 Å². The summed E-state index contributed by atoms with van der Waals surface area (Å²) in [6.07, 6.45) is 7.72. The highest BCUT2D eigenvalue weighted by Gasteiger charge is 2.18. The Hall–Kier alpha value is -0.300. The van der Waals surface area contributed by atoms with E-state index in [4.69, 9.17) is 0 Å². The first-order valence-corrected chi connectivity index (χ1v) is 7.41. The fraction of sp³-hybridized carbons (Fsp3) is 0.875. The van der Waals surface area contributed by atoms with Gasteiger partial charge in [-0.2, -0.15) is 0 Å². The van der Waals surface area contributed by atoms with Gasteiger partial charge in [-0.05, 0) is 57.4 Å². The Labute approximate surface area is 108 Å². The fourth-order valence-corrected chi connectivity index (χ4v) is 3.06. The van der Waals surface area contributed by atoms with Gasteiger partial charge >= 0.3 is 0 Å². The van der Waals surface area contributed by atoms with Crippen LogP contribution in [-0.4, -0.2) is 12.6 Å². The summed E-state index contributed by atoms with van der Waals surface area (Å²) in [7, 11) is 0. The molecule has 0 saturated heterocycles. The predicted octanol–water partition coefficient (Wildman–Crippen LogP) is 4.39. The molecule has 1 heteroatoms. The lowest BCUT2D eigenvalue weighted by atomic mass is 9.83. The molecular weight excluding hydrogens is 206 g/mol. The van der Waals surface area contributed by atoms with Crippen molar-refractivity contribution in [3.63, 3.8) is 0 Å². The molecule has 17 heavy (non-hydrogen) atoms. The van der Waals surface area contributed by atoms with Gasteiger partial charge in [0, 0.05) is 6.04 Å². The molecule has 0 fully saturated rings. The van der Waals surface area contributed by atoms with Gasteiger partial charge in [-0.3, -0.25) is 0 Å². The summed E-state index contributed by atoms with van der Waals surface area (Å²) in [5.74, 6) is 2.49. The van der Waals surface area contributed by atoms with Gasteiger partial charge < -0.3 is 5.32 Å². The third kappa shape index (κ3) is 5.72. The van der Waals surface area contributed by atoms with Crippen molar-refractivity contribution >= 4 is 0 Å². The van der Waals surface area contributed by atoms with E-state index in [1.54, 1.807) is 5.57 Å². The van der Waals surface area contributed by atoms with Gasteiger partial charge in [0.2, 0.25) is 0 Å². The van der Waals surface area contributed by atoms with E-state index in [1.807, 2.05) is 0 Å². The van der Waals surface area contributed by atoms with Crippen LogP contribution in [0.3, 0.4) is 0 Å². The lowest BCUT2D eigenvalue weighted by Gasteiger charge is -2.27. The molecule has 0 bridgehead atoms. The molecule has 1 nitrogen and oxygen atoms in total. The smallest absolute Gasteiger partial charge is 0.00413 e. The van der Waals surface area contributed by atoms with Crippen LogP contribution in [0.15, 0.2) is 11.6 Å². The maximum absolute atomic E-state index is 3.73. The van der Waals surface area contributed by atoms with E-state index < -0.39 is 0 Å². The van der Waals surface area contributed by atoms with E-state index in [1.165, 1.54) is 32.2 Å². The minimum absolute atomic E-state index is 0.673. The third-order valence-electron chi connectivity index (χ3n) is 4.09. The maximum Gasteiger partial charge on any atom is 0.00413 e.